The molecule has 128 valence electrons. The Hall–Kier alpha value is -2.38. The highest BCUT2D eigenvalue weighted by atomic mass is 16.5. The van der Waals surface area contributed by atoms with Crippen molar-refractivity contribution >= 4 is 11.7 Å². The molecule has 2 N–H and O–H groups in total. The number of amides is 2. The van der Waals surface area contributed by atoms with Crippen molar-refractivity contribution in [2.45, 2.75) is 13.0 Å². The third-order valence-corrected chi connectivity index (χ3v) is 3.95. The number of rotatable bonds is 5. The molecule has 2 amide bonds. The van der Waals surface area contributed by atoms with Crippen molar-refractivity contribution in [3.63, 3.8) is 0 Å². The Balaban J connectivity index is 1.62. The fourth-order valence-corrected chi connectivity index (χ4v) is 2.73. The Labute approximate surface area is 141 Å². The summed E-state index contributed by atoms with van der Waals surface area (Å²) >= 11 is 0. The van der Waals surface area contributed by atoms with Crippen LogP contribution in [-0.2, 0) is 4.74 Å². The number of morpholine rings is 1. The van der Waals surface area contributed by atoms with E-state index in [1.54, 1.807) is 24.5 Å². The molecular weight excluding hydrogens is 308 g/mol. The predicted molar refractivity (Wildman–Crippen MR) is 89.8 cm³/mol. The summed E-state index contributed by atoms with van der Waals surface area (Å²) in [6.45, 7) is 5.39. The minimum atomic E-state index is -0.260. The third-order valence-electron chi connectivity index (χ3n) is 3.95. The van der Waals surface area contributed by atoms with Gasteiger partial charge in [0.15, 0.2) is 0 Å². The van der Waals surface area contributed by atoms with Gasteiger partial charge in [0.2, 0.25) is 0 Å². The number of nitrogens with zero attached hydrogens (tertiary/aromatic N) is 2. The van der Waals surface area contributed by atoms with Crippen LogP contribution >= 0.6 is 0 Å². The highest BCUT2D eigenvalue weighted by Gasteiger charge is 2.25. The lowest BCUT2D eigenvalue weighted by Crippen LogP contribution is -2.44. The van der Waals surface area contributed by atoms with Gasteiger partial charge in [-0.05, 0) is 31.2 Å². The third kappa shape index (κ3) is 4.33. The van der Waals surface area contributed by atoms with Crippen LogP contribution in [-0.4, -0.2) is 48.8 Å². The Morgan fingerprint density at radius 1 is 1.33 bits per heavy atom. The van der Waals surface area contributed by atoms with Gasteiger partial charge in [0.25, 0.3) is 0 Å². The molecule has 0 unspecified atom stereocenters. The van der Waals surface area contributed by atoms with E-state index < -0.39 is 0 Å². The van der Waals surface area contributed by atoms with Crippen molar-refractivity contribution in [1.29, 1.82) is 0 Å². The number of hydrogen-bond donors (Lipinski definition) is 2. The highest BCUT2D eigenvalue weighted by molar-refractivity contribution is 5.88. The smallest absolute Gasteiger partial charge is 0.319 e. The minimum Gasteiger partial charge on any atom is -0.465 e. The number of urea groups is 1. The normalized spacial score (nSPS) is 16.5. The topological polar surface area (TPSA) is 79.6 Å². The van der Waals surface area contributed by atoms with E-state index in [4.69, 9.17) is 9.15 Å². The second kappa shape index (κ2) is 7.94. The van der Waals surface area contributed by atoms with E-state index in [2.05, 4.69) is 20.5 Å². The number of furan rings is 1. The van der Waals surface area contributed by atoms with Gasteiger partial charge < -0.3 is 19.8 Å². The van der Waals surface area contributed by atoms with Gasteiger partial charge in [0.05, 0.1) is 31.1 Å². The number of anilines is 1. The van der Waals surface area contributed by atoms with E-state index in [0.29, 0.717) is 25.4 Å². The summed E-state index contributed by atoms with van der Waals surface area (Å²) in [5.41, 5.74) is 0.659. The standard InChI is InChI=1S/C17H22N4O3/c1-13-4-5-16(24-13)15(21-7-9-23-10-8-21)12-19-17(22)20-14-3-2-6-18-11-14/h2-6,11,15H,7-10,12H2,1H3,(H2,19,20,22)/t15-/m0/s1. The molecule has 0 aliphatic carbocycles. The van der Waals surface area contributed by atoms with E-state index in [1.165, 1.54) is 0 Å². The summed E-state index contributed by atoms with van der Waals surface area (Å²) in [4.78, 5) is 18.4. The maximum Gasteiger partial charge on any atom is 0.319 e. The van der Waals surface area contributed by atoms with Crippen molar-refractivity contribution in [3.05, 3.63) is 48.2 Å². The molecule has 3 rings (SSSR count). The van der Waals surface area contributed by atoms with Gasteiger partial charge in [-0.2, -0.15) is 0 Å². The molecule has 7 heteroatoms. The Bertz CT molecular complexity index is 653. The number of nitrogens with one attached hydrogen (secondary N) is 2. The number of ether oxygens (including phenoxy) is 1. The van der Waals surface area contributed by atoms with Crippen LogP contribution in [0.5, 0.6) is 0 Å². The van der Waals surface area contributed by atoms with E-state index >= 15 is 0 Å². The van der Waals surface area contributed by atoms with Crippen LogP contribution in [0.15, 0.2) is 41.1 Å². The van der Waals surface area contributed by atoms with Crippen LogP contribution in [0.25, 0.3) is 0 Å². The van der Waals surface area contributed by atoms with E-state index in [9.17, 15) is 4.79 Å². The number of aromatic nitrogens is 1. The molecule has 0 aromatic carbocycles. The molecule has 1 aliphatic rings. The first kappa shape index (κ1) is 16.5. The quantitative estimate of drug-likeness (QED) is 0.878. The lowest BCUT2D eigenvalue weighted by Gasteiger charge is -2.33. The lowest BCUT2D eigenvalue weighted by atomic mass is 10.1. The molecule has 1 saturated heterocycles. The van der Waals surface area contributed by atoms with Crippen LogP contribution in [0.1, 0.15) is 17.6 Å². The maximum atomic E-state index is 12.1. The average molecular weight is 330 g/mol. The summed E-state index contributed by atoms with van der Waals surface area (Å²) in [6.07, 6.45) is 3.27. The van der Waals surface area contributed by atoms with Gasteiger partial charge in [0.1, 0.15) is 11.5 Å². The first-order valence-corrected chi connectivity index (χ1v) is 8.05. The Morgan fingerprint density at radius 3 is 2.83 bits per heavy atom. The van der Waals surface area contributed by atoms with Crippen LogP contribution in [0.3, 0.4) is 0 Å². The molecule has 0 spiro atoms. The van der Waals surface area contributed by atoms with Crippen molar-refractivity contribution in [1.82, 2.24) is 15.2 Å². The average Bonchev–Trinajstić information content (AvgIpc) is 3.03. The molecule has 7 nitrogen and oxygen atoms in total. The van der Waals surface area contributed by atoms with Crippen molar-refractivity contribution < 1.29 is 13.9 Å². The van der Waals surface area contributed by atoms with Crippen LogP contribution in [0, 0.1) is 6.92 Å². The minimum absolute atomic E-state index is 0.0118. The zero-order valence-corrected chi connectivity index (χ0v) is 13.7. The molecule has 3 heterocycles. The van der Waals surface area contributed by atoms with Gasteiger partial charge in [-0.15, -0.1) is 0 Å². The fraction of sp³-hybridized carbons (Fsp3) is 0.412. The summed E-state index contributed by atoms with van der Waals surface area (Å²) in [7, 11) is 0. The number of carbonyl (C=O) groups excluding carboxylic acids is 1. The molecule has 1 atom stereocenters. The molecule has 0 bridgehead atoms. The Morgan fingerprint density at radius 2 is 2.17 bits per heavy atom. The number of carbonyl (C=O) groups is 1. The molecule has 0 radical (unpaired) electrons. The van der Waals surface area contributed by atoms with E-state index in [-0.39, 0.29) is 12.1 Å². The number of aryl methyl sites for hydroxylation is 1. The van der Waals surface area contributed by atoms with Gasteiger partial charge in [-0.3, -0.25) is 9.88 Å². The zero-order valence-electron chi connectivity index (χ0n) is 13.7. The summed E-state index contributed by atoms with van der Waals surface area (Å²) in [5, 5.41) is 5.69. The number of hydrogen-bond acceptors (Lipinski definition) is 5. The monoisotopic (exact) mass is 330 g/mol. The zero-order chi connectivity index (χ0) is 16.8. The van der Waals surface area contributed by atoms with Crippen LogP contribution in [0.4, 0.5) is 10.5 Å². The SMILES string of the molecule is Cc1ccc([C@H](CNC(=O)Nc2cccnc2)N2CCOCC2)o1. The summed E-state index contributed by atoms with van der Waals surface area (Å²) < 4.78 is 11.2. The molecule has 2 aromatic rings. The molecule has 2 aromatic heterocycles. The molecule has 1 fully saturated rings. The van der Waals surface area contributed by atoms with E-state index in [1.807, 2.05) is 19.1 Å². The molecular formula is C17H22N4O3. The Kier molecular flexibility index (Phi) is 5.45. The predicted octanol–water partition coefficient (Wildman–Crippen LogP) is 2.18. The molecule has 24 heavy (non-hydrogen) atoms. The molecule has 0 saturated carbocycles. The number of pyridine rings is 1. The van der Waals surface area contributed by atoms with Crippen LogP contribution < -0.4 is 10.6 Å². The first-order chi connectivity index (χ1) is 11.7. The largest absolute Gasteiger partial charge is 0.465 e. The summed E-state index contributed by atoms with van der Waals surface area (Å²) in [5.74, 6) is 1.72. The van der Waals surface area contributed by atoms with Gasteiger partial charge in [-0.25, -0.2) is 4.79 Å². The van der Waals surface area contributed by atoms with Crippen molar-refractivity contribution in [2.75, 3.05) is 38.2 Å². The fourth-order valence-electron chi connectivity index (χ4n) is 2.73. The highest BCUT2D eigenvalue weighted by Crippen LogP contribution is 2.23. The van der Waals surface area contributed by atoms with Crippen molar-refractivity contribution in [2.24, 2.45) is 0 Å². The van der Waals surface area contributed by atoms with Gasteiger partial charge >= 0.3 is 6.03 Å². The second-order valence-corrected chi connectivity index (χ2v) is 5.69. The van der Waals surface area contributed by atoms with Gasteiger partial charge in [-0.1, -0.05) is 0 Å². The van der Waals surface area contributed by atoms with Crippen molar-refractivity contribution in [3.8, 4) is 0 Å². The summed E-state index contributed by atoms with van der Waals surface area (Å²) in [6, 6.07) is 7.21. The maximum absolute atomic E-state index is 12.1. The van der Waals surface area contributed by atoms with E-state index in [0.717, 1.165) is 24.6 Å². The first-order valence-electron chi connectivity index (χ1n) is 8.05. The van der Waals surface area contributed by atoms with Gasteiger partial charge in [0, 0.05) is 25.8 Å². The van der Waals surface area contributed by atoms with Crippen LogP contribution in [0.2, 0.25) is 0 Å². The second-order valence-electron chi connectivity index (χ2n) is 5.69. The lowest BCUT2D eigenvalue weighted by molar-refractivity contribution is 0.0122. The molecule has 1 aliphatic heterocycles.